The number of hydrogen-bond acceptors (Lipinski definition) is 7. The normalized spacial score (nSPS) is 11.0. The van der Waals surface area contributed by atoms with Gasteiger partial charge in [0.15, 0.2) is 0 Å². The molecule has 0 fully saturated rings. The van der Waals surface area contributed by atoms with E-state index in [9.17, 15) is 27.6 Å². The number of amidine groups is 1. The van der Waals surface area contributed by atoms with E-state index in [1.165, 1.54) is 30.3 Å². The molecule has 1 aromatic carbocycles. The summed E-state index contributed by atoms with van der Waals surface area (Å²) in [5, 5.41) is 7.31. The third kappa shape index (κ3) is 6.14. The highest BCUT2D eigenvalue weighted by molar-refractivity contribution is 7.14. The Morgan fingerprint density at radius 1 is 1.17 bits per heavy atom. The van der Waals surface area contributed by atoms with Crippen molar-refractivity contribution in [3.8, 4) is 5.75 Å². The molecule has 0 bridgehead atoms. The SMILES string of the molecule is Cc1cc(C(=O)Oc2ccc(C(=N)N)cc2)sc1CCC(=O)OC(=O)C(F)(F)F. The van der Waals surface area contributed by atoms with Crippen molar-refractivity contribution in [2.75, 3.05) is 0 Å². The molecule has 2 aromatic rings. The lowest BCUT2D eigenvalue weighted by atomic mass is 10.2. The number of halogens is 3. The molecular formula is C18H15F3N2O5S. The number of benzene rings is 1. The topological polar surface area (TPSA) is 120 Å². The lowest BCUT2D eigenvalue weighted by Gasteiger charge is -2.05. The number of nitrogen functional groups attached to an aromatic ring is 1. The summed E-state index contributed by atoms with van der Waals surface area (Å²) in [5.74, 6) is -4.42. The molecule has 29 heavy (non-hydrogen) atoms. The third-order valence-electron chi connectivity index (χ3n) is 3.59. The summed E-state index contributed by atoms with van der Waals surface area (Å²) in [7, 11) is 0. The zero-order valence-corrected chi connectivity index (χ0v) is 15.8. The number of aryl methyl sites for hydroxylation is 2. The highest BCUT2D eigenvalue weighted by Crippen LogP contribution is 2.25. The summed E-state index contributed by atoms with van der Waals surface area (Å²) in [6.07, 6.45) is -5.70. The van der Waals surface area contributed by atoms with Crippen LogP contribution in [0, 0.1) is 12.3 Å². The number of esters is 3. The zero-order valence-electron chi connectivity index (χ0n) is 15.0. The van der Waals surface area contributed by atoms with Crippen LogP contribution in [0.3, 0.4) is 0 Å². The fourth-order valence-corrected chi connectivity index (χ4v) is 3.21. The van der Waals surface area contributed by atoms with Crippen molar-refractivity contribution in [2.45, 2.75) is 25.9 Å². The number of rotatable bonds is 6. The van der Waals surface area contributed by atoms with E-state index >= 15 is 0 Å². The highest BCUT2D eigenvalue weighted by atomic mass is 32.1. The smallest absolute Gasteiger partial charge is 0.422 e. The van der Waals surface area contributed by atoms with E-state index in [0.29, 0.717) is 16.0 Å². The van der Waals surface area contributed by atoms with E-state index in [-0.39, 0.29) is 22.9 Å². The van der Waals surface area contributed by atoms with Crippen LogP contribution in [-0.4, -0.2) is 29.9 Å². The number of hydrogen-bond donors (Lipinski definition) is 2. The second-order valence-electron chi connectivity index (χ2n) is 5.80. The van der Waals surface area contributed by atoms with Gasteiger partial charge in [-0.25, -0.2) is 9.59 Å². The molecule has 11 heteroatoms. The summed E-state index contributed by atoms with van der Waals surface area (Å²) < 4.78 is 45.2. The molecule has 2 rings (SSSR count). The van der Waals surface area contributed by atoms with Crippen LogP contribution in [-0.2, 0) is 20.7 Å². The van der Waals surface area contributed by atoms with E-state index in [1.807, 2.05) is 0 Å². The van der Waals surface area contributed by atoms with Gasteiger partial charge < -0.3 is 15.2 Å². The molecule has 0 atom stereocenters. The lowest BCUT2D eigenvalue weighted by Crippen LogP contribution is -2.28. The zero-order chi connectivity index (χ0) is 21.8. The van der Waals surface area contributed by atoms with E-state index in [4.69, 9.17) is 15.9 Å². The predicted octanol–water partition coefficient (Wildman–Crippen LogP) is 3.12. The first-order valence-electron chi connectivity index (χ1n) is 8.05. The standard InChI is InChI=1S/C18H15F3N2O5S/c1-9-8-13(16(25)27-11-4-2-10(3-5-11)15(22)23)29-12(9)6-7-14(24)28-17(26)18(19,20)21/h2-5,8H,6-7H2,1H3,(H3,22,23). The molecule has 0 aliphatic rings. The molecule has 0 unspecified atom stereocenters. The average Bonchev–Trinajstić information content (AvgIpc) is 3.00. The number of alkyl halides is 3. The van der Waals surface area contributed by atoms with Crippen LogP contribution in [0.15, 0.2) is 30.3 Å². The summed E-state index contributed by atoms with van der Waals surface area (Å²) in [4.78, 5) is 35.1. The summed E-state index contributed by atoms with van der Waals surface area (Å²) in [6.45, 7) is 1.66. The summed E-state index contributed by atoms with van der Waals surface area (Å²) in [5.41, 5.74) is 6.45. The van der Waals surface area contributed by atoms with Gasteiger partial charge >= 0.3 is 24.1 Å². The predicted molar refractivity (Wildman–Crippen MR) is 96.9 cm³/mol. The number of nitrogens with one attached hydrogen (secondary N) is 1. The van der Waals surface area contributed by atoms with Gasteiger partial charge in [-0.3, -0.25) is 10.2 Å². The third-order valence-corrected chi connectivity index (χ3v) is 4.87. The Labute approximate surface area is 166 Å². The van der Waals surface area contributed by atoms with Gasteiger partial charge in [-0.2, -0.15) is 13.2 Å². The molecule has 3 N–H and O–H groups in total. The van der Waals surface area contributed by atoms with E-state index in [2.05, 4.69) is 4.74 Å². The van der Waals surface area contributed by atoms with Crippen LogP contribution in [0.2, 0.25) is 0 Å². The van der Waals surface area contributed by atoms with E-state index in [0.717, 1.165) is 11.3 Å². The molecule has 0 aliphatic carbocycles. The van der Waals surface area contributed by atoms with Gasteiger partial charge in [0.1, 0.15) is 16.5 Å². The molecule has 7 nitrogen and oxygen atoms in total. The molecule has 0 amide bonds. The van der Waals surface area contributed by atoms with Crippen LogP contribution in [0.1, 0.15) is 32.1 Å². The maximum absolute atomic E-state index is 12.3. The first-order valence-corrected chi connectivity index (χ1v) is 8.87. The largest absolute Gasteiger partial charge is 0.491 e. The Morgan fingerprint density at radius 3 is 2.34 bits per heavy atom. The summed E-state index contributed by atoms with van der Waals surface area (Å²) >= 11 is 1.02. The first-order chi connectivity index (χ1) is 13.5. The number of carbonyl (C=O) groups excluding carboxylic acids is 3. The van der Waals surface area contributed by atoms with Gasteiger partial charge in [0.2, 0.25) is 0 Å². The molecule has 1 aromatic heterocycles. The maximum atomic E-state index is 12.3. The highest BCUT2D eigenvalue weighted by Gasteiger charge is 2.42. The van der Waals surface area contributed by atoms with Crippen molar-refractivity contribution < 1.29 is 37.0 Å². The van der Waals surface area contributed by atoms with Gasteiger partial charge in [-0.05, 0) is 49.2 Å². The fourth-order valence-electron chi connectivity index (χ4n) is 2.16. The van der Waals surface area contributed by atoms with Crippen molar-refractivity contribution in [3.05, 3.63) is 51.2 Å². The van der Waals surface area contributed by atoms with Gasteiger partial charge in [-0.15, -0.1) is 11.3 Å². The van der Waals surface area contributed by atoms with Gasteiger partial charge in [0.05, 0.1) is 6.42 Å². The number of carbonyl (C=O) groups is 3. The number of thiophene rings is 1. The molecule has 0 aliphatic heterocycles. The minimum Gasteiger partial charge on any atom is -0.422 e. The van der Waals surface area contributed by atoms with E-state index < -0.39 is 30.5 Å². The average molecular weight is 428 g/mol. The second kappa shape index (κ2) is 8.86. The Hall–Kier alpha value is -3.21. The maximum Gasteiger partial charge on any atom is 0.491 e. The Balaban J connectivity index is 1.96. The molecule has 0 radical (unpaired) electrons. The van der Waals surface area contributed by atoms with Crippen molar-refractivity contribution >= 4 is 35.1 Å². The monoisotopic (exact) mass is 428 g/mol. The van der Waals surface area contributed by atoms with Crippen LogP contribution in [0.4, 0.5) is 13.2 Å². The second-order valence-corrected chi connectivity index (χ2v) is 6.94. The number of ether oxygens (including phenoxy) is 2. The summed E-state index contributed by atoms with van der Waals surface area (Å²) in [6, 6.07) is 7.51. The quantitative estimate of drug-likeness (QED) is 0.240. The van der Waals surface area contributed by atoms with Crippen molar-refractivity contribution in [1.29, 1.82) is 5.41 Å². The fraction of sp³-hybridized carbons (Fsp3) is 0.222. The molecule has 154 valence electrons. The van der Waals surface area contributed by atoms with Gasteiger partial charge in [0, 0.05) is 10.4 Å². The molecule has 0 spiro atoms. The molecule has 0 saturated heterocycles. The lowest BCUT2D eigenvalue weighted by molar-refractivity contribution is -0.201. The molecule has 1 heterocycles. The minimum atomic E-state index is -5.24. The van der Waals surface area contributed by atoms with Gasteiger partial charge in [0.25, 0.3) is 0 Å². The van der Waals surface area contributed by atoms with Crippen molar-refractivity contribution in [3.63, 3.8) is 0 Å². The van der Waals surface area contributed by atoms with Crippen LogP contribution >= 0.6 is 11.3 Å². The van der Waals surface area contributed by atoms with E-state index in [1.54, 1.807) is 6.92 Å². The molecular weight excluding hydrogens is 413 g/mol. The van der Waals surface area contributed by atoms with Gasteiger partial charge in [-0.1, -0.05) is 0 Å². The minimum absolute atomic E-state index is 0.00105. The molecule has 0 saturated carbocycles. The van der Waals surface area contributed by atoms with Crippen molar-refractivity contribution in [1.82, 2.24) is 0 Å². The Bertz CT molecular complexity index is 951. The Kier molecular flexibility index (Phi) is 6.75. The first kappa shape index (κ1) is 22.1. The van der Waals surface area contributed by atoms with Crippen molar-refractivity contribution in [2.24, 2.45) is 5.73 Å². The van der Waals surface area contributed by atoms with Crippen LogP contribution in [0.25, 0.3) is 0 Å². The number of nitrogens with two attached hydrogens (primary N) is 1. The Morgan fingerprint density at radius 2 is 1.79 bits per heavy atom. The van der Waals surface area contributed by atoms with Crippen LogP contribution < -0.4 is 10.5 Å². The van der Waals surface area contributed by atoms with Crippen LogP contribution in [0.5, 0.6) is 5.75 Å².